The molecule has 0 bridgehead atoms. The fourth-order valence-electron chi connectivity index (χ4n) is 1.75. The predicted molar refractivity (Wildman–Crippen MR) is 58.2 cm³/mol. The van der Waals surface area contributed by atoms with Crippen LogP contribution in [-0.4, -0.2) is 20.7 Å². The van der Waals surface area contributed by atoms with Gasteiger partial charge in [0.1, 0.15) is 5.65 Å². The van der Waals surface area contributed by atoms with Crippen molar-refractivity contribution in [3.63, 3.8) is 0 Å². The van der Waals surface area contributed by atoms with E-state index >= 15 is 0 Å². The molecule has 0 radical (unpaired) electrons. The van der Waals surface area contributed by atoms with Gasteiger partial charge in [-0.15, -0.1) is 0 Å². The quantitative estimate of drug-likeness (QED) is 0.857. The monoisotopic (exact) mass is 260 g/mol. The molecule has 18 heavy (non-hydrogen) atoms. The summed E-state index contributed by atoms with van der Waals surface area (Å²) in [7, 11) is 1.57. The van der Waals surface area contributed by atoms with Gasteiger partial charge in [-0.3, -0.25) is 4.79 Å². The number of halogens is 3. The zero-order valence-electron chi connectivity index (χ0n) is 9.53. The van der Waals surface area contributed by atoms with Gasteiger partial charge in [-0.05, 0) is 6.54 Å². The van der Waals surface area contributed by atoms with E-state index in [1.54, 1.807) is 7.05 Å². The Bertz CT molecular complexity index is 641. The van der Waals surface area contributed by atoms with Gasteiger partial charge in [-0.25, -0.2) is 0 Å². The Balaban J connectivity index is 2.73. The van der Waals surface area contributed by atoms with E-state index in [9.17, 15) is 18.0 Å². The largest absolute Gasteiger partial charge is 0.435 e. The highest BCUT2D eigenvalue weighted by molar-refractivity contribution is 5.42. The maximum Gasteiger partial charge on any atom is 0.435 e. The van der Waals surface area contributed by atoms with Crippen LogP contribution in [0.5, 0.6) is 0 Å². The molecule has 2 aromatic rings. The molecule has 0 aromatic carbocycles. The first-order valence-corrected chi connectivity index (χ1v) is 5.20. The van der Waals surface area contributed by atoms with Crippen molar-refractivity contribution in [1.29, 1.82) is 0 Å². The lowest BCUT2D eigenvalue weighted by molar-refractivity contribution is -0.141. The minimum Gasteiger partial charge on any atom is -0.333 e. The molecule has 2 aromatic heterocycles. The molecule has 98 valence electrons. The van der Waals surface area contributed by atoms with Crippen LogP contribution in [0, 0.1) is 0 Å². The van der Waals surface area contributed by atoms with Crippen molar-refractivity contribution in [2.24, 2.45) is 12.8 Å². The SMILES string of the molecule is Cn1c(CCN)cc(=O)n2nc(C(F)(F)F)cc12. The van der Waals surface area contributed by atoms with Crippen LogP contribution in [0.1, 0.15) is 11.4 Å². The molecule has 2 heterocycles. The van der Waals surface area contributed by atoms with Gasteiger partial charge >= 0.3 is 6.18 Å². The smallest absolute Gasteiger partial charge is 0.333 e. The number of nitrogens with two attached hydrogens (primary N) is 1. The minimum absolute atomic E-state index is 0.0956. The van der Waals surface area contributed by atoms with Crippen LogP contribution in [0.25, 0.3) is 5.65 Å². The predicted octanol–water partition coefficient (Wildman–Crippen LogP) is 0.553. The van der Waals surface area contributed by atoms with Gasteiger partial charge in [-0.2, -0.15) is 22.8 Å². The van der Waals surface area contributed by atoms with Crippen LogP contribution in [0.15, 0.2) is 16.9 Å². The Morgan fingerprint density at radius 1 is 1.39 bits per heavy atom. The van der Waals surface area contributed by atoms with Crippen molar-refractivity contribution in [1.82, 2.24) is 14.2 Å². The van der Waals surface area contributed by atoms with Crippen molar-refractivity contribution in [2.45, 2.75) is 12.6 Å². The molecule has 2 N–H and O–H groups in total. The summed E-state index contributed by atoms with van der Waals surface area (Å²) in [5, 5.41) is 3.27. The average Bonchev–Trinajstić information content (AvgIpc) is 2.70. The van der Waals surface area contributed by atoms with Gasteiger partial charge < -0.3 is 10.3 Å². The van der Waals surface area contributed by atoms with Gasteiger partial charge in [0.25, 0.3) is 5.56 Å². The highest BCUT2D eigenvalue weighted by Crippen LogP contribution is 2.28. The second-order valence-electron chi connectivity index (χ2n) is 3.87. The lowest BCUT2D eigenvalue weighted by Crippen LogP contribution is -2.21. The topological polar surface area (TPSA) is 65.3 Å². The first-order chi connectivity index (χ1) is 8.34. The Morgan fingerprint density at radius 3 is 2.61 bits per heavy atom. The number of hydrogen-bond acceptors (Lipinski definition) is 3. The molecule has 0 aliphatic heterocycles. The lowest BCUT2D eigenvalue weighted by atomic mass is 10.3. The average molecular weight is 260 g/mol. The second kappa shape index (κ2) is 4.13. The molecule has 0 unspecified atom stereocenters. The molecular weight excluding hydrogens is 249 g/mol. The van der Waals surface area contributed by atoms with Crippen LogP contribution >= 0.6 is 0 Å². The first kappa shape index (κ1) is 12.6. The van der Waals surface area contributed by atoms with E-state index in [1.807, 2.05) is 0 Å². The molecule has 0 aliphatic rings. The van der Waals surface area contributed by atoms with Crippen molar-refractivity contribution in [3.8, 4) is 0 Å². The van der Waals surface area contributed by atoms with E-state index in [1.165, 1.54) is 10.6 Å². The molecule has 0 spiro atoms. The van der Waals surface area contributed by atoms with Crippen LogP contribution in [0.3, 0.4) is 0 Å². The maximum absolute atomic E-state index is 12.5. The third kappa shape index (κ3) is 1.99. The van der Waals surface area contributed by atoms with Crippen LogP contribution in [0.2, 0.25) is 0 Å². The summed E-state index contributed by atoms with van der Waals surface area (Å²) < 4.78 is 39.8. The summed E-state index contributed by atoms with van der Waals surface area (Å²) in [6.07, 6.45) is -4.16. The Kier molecular flexibility index (Phi) is 2.89. The fraction of sp³-hybridized carbons (Fsp3) is 0.400. The first-order valence-electron chi connectivity index (χ1n) is 5.20. The zero-order chi connectivity index (χ0) is 13.5. The number of aryl methyl sites for hydroxylation is 1. The van der Waals surface area contributed by atoms with E-state index in [2.05, 4.69) is 5.10 Å². The molecule has 0 aliphatic carbocycles. The molecule has 0 fully saturated rings. The van der Waals surface area contributed by atoms with E-state index in [0.29, 0.717) is 18.7 Å². The Labute approximate surface area is 99.6 Å². The lowest BCUT2D eigenvalue weighted by Gasteiger charge is -2.08. The van der Waals surface area contributed by atoms with Crippen molar-refractivity contribution in [3.05, 3.63) is 33.9 Å². The van der Waals surface area contributed by atoms with Crippen molar-refractivity contribution < 1.29 is 13.2 Å². The maximum atomic E-state index is 12.5. The fourth-order valence-corrected chi connectivity index (χ4v) is 1.75. The summed E-state index contributed by atoms with van der Waals surface area (Å²) in [6, 6.07) is 2.09. The summed E-state index contributed by atoms with van der Waals surface area (Å²) in [5.41, 5.74) is 4.37. The number of rotatable bonds is 2. The molecule has 0 saturated heterocycles. The van der Waals surface area contributed by atoms with E-state index in [4.69, 9.17) is 5.73 Å². The molecule has 0 amide bonds. The second-order valence-corrected chi connectivity index (χ2v) is 3.87. The number of fused-ring (bicyclic) bond motifs is 1. The van der Waals surface area contributed by atoms with Gasteiger partial charge in [0.2, 0.25) is 0 Å². The van der Waals surface area contributed by atoms with Crippen LogP contribution < -0.4 is 11.3 Å². The summed E-state index contributed by atoms with van der Waals surface area (Å²) in [5.74, 6) is 0. The zero-order valence-corrected chi connectivity index (χ0v) is 9.53. The van der Waals surface area contributed by atoms with E-state index in [-0.39, 0.29) is 5.65 Å². The highest BCUT2D eigenvalue weighted by atomic mass is 19.4. The number of hydrogen-bond donors (Lipinski definition) is 1. The Hall–Kier alpha value is -1.83. The van der Waals surface area contributed by atoms with Gasteiger partial charge in [0.15, 0.2) is 5.69 Å². The third-order valence-corrected chi connectivity index (χ3v) is 2.65. The van der Waals surface area contributed by atoms with Gasteiger partial charge in [0.05, 0.1) is 0 Å². The number of aromatic nitrogens is 3. The summed E-state index contributed by atoms with van der Waals surface area (Å²) in [6.45, 7) is 0.309. The van der Waals surface area contributed by atoms with Gasteiger partial charge in [-0.1, -0.05) is 0 Å². The Morgan fingerprint density at radius 2 is 2.06 bits per heavy atom. The molecule has 5 nitrogen and oxygen atoms in total. The molecule has 0 atom stereocenters. The summed E-state index contributed by atoms with van der Waals surface area (Å²) in [4.78, 5) is 11.6. The highest BCUT2D eigenvalue weighted by Gasteiger charge is 2.34. The molecule has 2 rings (SSSR count). The van der Waals surface area contributed by atoms with E-state index in [0.717, 1.165) is 10.6 Å². The standard InChI is InChI=1S/C10H11F3N4O/c1-16-6(2-3-14)4-9(18)17-8(16)5-7(15-17)10(11,12)13/h4-5H,2-3,14H2,1H3. The molecule has 0 saturated carbocycles. The molecule has 8 heteroatoms. The summed E-state index contributed by atoms with van der Waals surface area (Å²) >= 11 is 0. The number of alkyl halides is 3. The van der Waals surface area contributed by atoms with Gasteiger partial charge in [0, 0.05) is 31.3 Å². The third-order valence-electron chi connectivity index (χ3n) is 2.65. The molecular formula is C10H11F3N4O. The normalized spacial score (nSPS) is 12.3. The van der Waals surface area contributed by atoms with Crippen molar-refractivity contribution >= 4 is 5.65 Å². The van der Waals surface area contributed by atoms with Crippen LogP contribution in [-0.2, 0) is 19.6 Å². The van der Waals surface area contributed by atoms with E-state index < -0.39 is 17.4 Å². The van der Waals surface area contributed by atoms with Crippen LogP contribution in [0.4, 0.5) is 13.2 Å². The van der Waals surface area contributed by atoms with Crippen molar-refractivity contribution in [2.75, 3.05) is 6.54 Å². The minimum atomic E-state index is -4.57. The number of nitrogens with zero attached hydrogens (tertiary/aromatic N) is 3.